The summed E-state index contributed by atoms with van der Waals surface area (Å²) < 4.78 is 58.7. The summed E-state index contributed by atoms with van der Waals surface area (Å²) in [7, 11) is -5.08. The van der Waals surface area contributed by atoms with Gasteiger partial charge in [0.05, 0.1) is 19.8 Å². The van der Waals surface area contributed by atoms with Crippen LogP contribution in [-0.4, -0.2) is 97.5 Å². The number of hydrogen-bond acceptors (Lipinski definition) is 11. The van der Waals surface area contributed by atoms with Crippen LogP contribution in [0.4, 0.5) is 0 Å². The Balaban J connectivity index is 2.57. The molecule has 56 heavy (non-hydrogen) atoms. The average Bonchev–Trinajstić information content (AvgIpc) is 3.17. The van der Waals surface area contributed by atoms with E-state index < -0.39 is 59.8 Å². The van der Waals surface area contributed by atoms with Gasteiger partial charge in [-0.15, -0.1) is 0 Å². The maximum absolute atomic E-state index is 12.7. The third-order valence-corrected chi connectivity index (χ3v) is 8.68. The minimum atomic E-state index is -5.08. The average molecular weight is 809 g/mol. The van der Waals surface area contributed by atoms with Crippen molar-refractivity contribution in [3.8, 4) is 0 Å². The molecule has 6 unspecified atom stereocenters. The molecule has 0 amide bonds. The predicted octanol–water partition coefficient (Wildman–Crippen LogP) is 7.51. The molecule has 0 bridgehead atoms. The van der Waals surface area contributed by atoms with Gasteiger partial charge in [0.1, 0.15) is 30.5 Å². The van der Waals surface area contributed by atoms with Crippen LogP contribution in [0.25, 0.3) is 0 Å². The monoisotopic (exact) mass is 808 g/mol. The van der Waals surface area contributed by atoms with Crippen molar-refractivity contribution in [2.75, 3.05) is 26.4 Å². The molecule has 1 heterocycles. The fourth-order valence-corrected chi connectivity index (χ4v) is 5.77. The zero-order valence-electron chi connectivity index (χ0n) is 33.4. The number of unbranched alkanes of at least 4 members (excludes halogenated alkanes) is 3. The molecule has 1 saturated heterocycles. The first kappa shape index (κ1) is 51.0. The first-order valence-corrected chi connectivity index (χ1v) is 21.4. The zero-order valence-corrected chi connectivity index (χ0v) is 34.2. The van der Waals surface area contributed by atoms with E-state index in [1.807, 2.05) is 12.2 Å². The second kappa shape index (κ2) is 34.1. The van der Waals surface area contributed by atoms with Gasteiger partial charge >= 0.3 is 16.4 Å². The van der Waals surface area contributed by atoms with Crippen LogP contribution in [0.1, 0.15) is 104 Å². The highest BCUT2D eigenvalue weighted by atomic mass is 32.3. The third-order valence-electron chi connectivity index (χ3n) is 8.22. The third kappa shape index (κ3) is 27.6. The van der Waals surface area contributed by atoms with Crippen molar-refractivity contribution in [3.05, 3.63) is 97.2 Å². The highest BCUT2D eigenvalue weighted by Gasteiger charge is 2.48. The van der Waals surface area contributed by atoms with E-state index in [0.717, 1.165) is 77.0 Å². The van der Waals surface area contributed by atoms with Gasteiger partial charge in [-0.1, -0.05) is 117 Å². The van der Waals surface area contributed by atoms with E-state index in [9.17, 15) is 28.5 Å². The Labute approximate surface area is 335 Å². The van der Waals surface area contributed by atoms with Gasteiger partial charge in [0.25, 0.3) is 0 Å². The lowest BCUT2D eigenvalue weighted by Crippen LogP contribution is -2.60. The maximum Gasteiger partial charge on any atom is 0.397 e. The predicted molar refractivity (Wildman–Crippen MR) is 220 cm³/mol. The van der Waals surface area contributed by atoms with E-state index in [0.29, 0.717) is 13.0 Å². The van der Waals surface area contributed by atoms with Gasteiger partial charge in [-0.2, -0.15) is 8.42 Å². The van der Waals surface area contributed by atoms with Crippen LogP contribution >= 0.6 is 0 Å². The van der Waals surface area contributed by atoms with Crippen molar-refractivity contribution in [2.45, 2.75) is 141 Å². The molecule has 318 valence electrons. The van der Waals surface area contributed by atoms with Crippen molar-refractivity contribution < 1.29 is 56.2 Å². The Morgan fingerprint density at radius 2 is 1.18 bits per heavy atom. The first-order valence-electron chi connectivity index (χ1n) is 20.0. The fraction of sp³-hybridized carbons (Fsp3) is 0.605. The number of aliphatic hydroxyl groups excluding tert-OH is 3. The van der Waals surface area contributed by atoms with Crippen LogP contribution < -0.4 is 0 Å². The summed E-state index contributed by atoms with van der Waals surface area (Å²) in [6.07, 6.45) is 36.1. The zero-order chi connectivity index (χ0) is 41.1. The van der Waals surface area contributed by atoms with Gasteiger partial charge in [-0.25, -0.2) is 4.18 Å². The summed E-state index contributed by atoms with van der Waals surface area (Å²) in [5.41, 5.74) is 0. The lowest BCUT2D eigenvalue weighted by Gasteiger charge is -2.41. The highest BCUT2D eigenvalue weighted by Crippen LogP contribution is 2.26. The SMILES string of the molecule is CC/C=C\C/C=C\C/C=C\C/C=C\CCCCCOCC(COC1OC(CO)C(O)C(OS(=O)(=O)O)C1O)OC(=O)CC/C=C\C/C=C\C/C=C\C/C=C\CC. The largest absolute Gasteiger partial charge is 0.457 e. The number of aliphatic hydroxyl groups is 3. The molecule has 4 N–H and O–H groups in total. The quantitative estimate of drug-likeness (QED) is 0.0228. The molecule has 13 heteroatoms. The smallest absolute Gasteiger partial charge is 0.397 e. The minimum Gasteiger partial charge on any atom is -0.457 e. The molecule has 1 aliphatic rings. The van der Waals surface area contributed by atoms with Crippen molar-refractivity contribution in [3.63, 3.8) is 0 Å². The molecule has 0 spiro atoms. The molecule has 0 radical (unpaired) electrons. The van der Waals surface area contributed by atoms with E-state index >= 15 is 0 Å². The van der Waals surface area contributed by atoms with Crippen molar-refractivity contribution in [1.29, 1.82) is 0 Å². The van der Waals surface area contributed by atoms with Crippen LogP contribution in [0.3, 0.4) is 0 Å². The van der Waals surface area contributed by atoms with Crippen molar-refractivity contribution >= 4 is 16.4 Å². The number of carbonyl (C=O) groups is 1. The molecule has 1 rings (SSSR count). The molecular formula is C43H68O12S. The fourth-order valence-electron chi connectivity index (χ4n) is 5.26. The molecule has 0 aromatic heterocycles. The van der Waals surface area contributed by atoms with Crippen LogP contribution in [0.2, 0.25) is 0 Å². The van der Waals surface area contributed by atoms with E-state index in [1.165, 1.54) is 0 Å². The van der Waals surface area contributed by atoms with Crippen LogP contribution in [0, 0.1) is 0 Å². The normalized spacial score (nSPS) is 21.9. The van der Waals surface area contributed by atoms with E-state index in [-0.39, 0.29) is 19.6 Å². The summed E-state index contributed by atoms with van der Waals surface area (Å²) in [6.45, 7) is 3.54. The number of esters is 1. The molecular weight excluding hydrogens is 741 g/mol. The van der Waals surface area contributed by atoms with Gasteiger partial charge in [0, 0.05) is 13.0 Å². The molecule has 6 atom stereocenters. The summed E-state index contributed by atoms with van der Waals surface area (Å²) in [4.78, 5) is 12.7. The number of rotatable bonds is 32. The van der Waals surface area contributed by atoms with Gasteiger partial charge in [0.2, 0.25) is 0 Å². The lowest BCUT2D eigenvalue weighted by molar-refractivity contribution is -0.301. The molecule has 0 saturated carbocycles. The number of hydrogen-bond donors (Lipinski definition) is 4. The van der Waals surface area contributed by atoms with E-state index in [2.05, 4.69) is 103 Å². The number of ether oxygens (including phenoxy) is 4. The topological polar surface area (TPSA) is 178 Å². The Kier molecular flexibility index (Phi) is 31.1. The lowest BCUT2D eigenvalue weighted by atomic mass is 9.99. The second-order valence-corrected chi connectivity index (χ2v) is 14.2. The summed E-state index contributed by atoms with van der Waals surface area (Å²) in [6, 6.07) is 0. The Bertz CT molecular complexity index is 1350. The summed E-state index contributed by atoms with van der Waals surface area (Å²) in [5.74, 6) is -0.496. The van der Waals surface area contributed by atoms with Crippen LogP contribution in [-0.2, 0) is 38.3 Å². The van der Waals surface area contributed by atoms with Gasteiger partial charge in [-0.05, 0) is 77.0 Å². The molecule has 12 nitrogen and oxygen atoms in total. The summed E-state index contributed by atoms with van der Waals surface area (Å²) in [5, 5.41) is 30.6. The van der Waals surface area contributed by atoms with Gasteiger partial charge < -0.3 is 34.3 Å². The van der Waals surface area contributed by atoms with Crippen molar-refractivity contribution in [1.82, 2.24) is 0 Å². The van der Waals surface area contributed by atoms with Gasteiger partial charge in [0.15, 0.2) is 6.29 Å². The Morgan fingerprint density at radius 3 is 1.68 bits per heavy atom. The minimum absolute atomic E-state index is 0.0214. The standard InChI is InChI=1S/C43H68O12S/c1-3-5-7-9-11-13-15-17-18-19-21-23-25-27-29-31-33-51-35-37(36-52-43-41(47)42(55-56(48,49)50)40(46)38(34-44)54-43)53-39(45)32-30-28-26-24-22-20-16-14-12-10-8-6-4-2/h5-8,11-14,17-18,20-23,26,28,37-38,40-44,46-47H,3-4,9-10,15-16,19,24-25,27,29-36H2,1-2H3,(H,48,49,50)/b7-5-,8-6-,13-11-,14-12-,18-17-,22-20-,23-21-,28-26-. The second-order valence-electron chi connectivity index (χ2n) is 13.1. The van der Waals surface area contributed by atoms with Crippen LogP contribution in [0.5, 0.6) is 0 Å². The van der Waals surface area contributed by atoms with Crippen LogP contribution in [0.15, 0.2) is 97.2 Å². The molecule has 1 aliphatic heterocycles. The van der Waals surface area contributed by atoms with Gasteiger partial charge in [-0.3, -0.25) is 9.35 Å². The molecule has 0 aliphatic carbocycles. The molecule has 1 fully saturated rings. The van der Waals surface area contributed by atoms with E-state index in [4.69, 9.17) is 23.5 Å². The first-order chi connectivity index (χ1) is 27.1. The maximum atomic E-state index is 12.7. The molecule has 0 aromatic carbocycles. The number of carbonyl (C=O) groups excluding carboxylic acids is 1. The Morgan fingerprint density at radius 1 is 0.679 bits per heavy atom. The van der Waals surface area contributed by atoms with E-state index in [1.54, 1.807) is 0 Å². The highest BCUT2D eigenvalue weighted by molar-refractivity contribution is 7.80. The Hall–Kier alpha value is -2.98. The number of allylic oxidation sites excluding steroid dienone is 16. The van der Waals surface area contributed by atoms with Crippen molar-refractivity contribution in [2.24, 2.45) is 0 Å². The molecule has 0 aromatic rings. The summed E-state index contributed by atoms with van der Waals surface area (Å²) >= 11 is 0.